The first kappa shape index (κ1) is 16.3. The quantitative estimate of drug-likeness (QED) is 0.771. The Hall–Kier alpha value is -1.04. The predicted molar refractivity (Wildman–Crippen MR) is 85.8 cm³/mol. The van der Waals surface area contributed by atoms with Crippen molar-refractivity contribution in [3.8, 4) is 0 Å². The van der Waals surface area contributed by atoms with E-state index in [-0.39, 0.29) is 12.1 Å². The Labute approximate surface area is 130 Å². The van der Waals surface area contributed by atoms with Gasteiger partial charge in [-0.2, -0.15) is 11.8 Å². The van der Waals surface area contributed by atoms with E-state index in [0.29, 0.717) is 18.3 Å². The Kier molecular flexibility index (Phi) is 6.08. The van der Waals surface area contributed by atoms with Crippen molar-refractivity contribution in [3.05, 3.63) is 35.9 Å². The summed E-state index contributed by atoms with van der Waals surface area (Å²) < 4.78 is 5.66. The van der Waals surface area contributed by atoms with E-state index in [4.69, 9.17) is 4.74 Å². The summed E-state index contributed by atoms with van der Waals surface area (Å²) in [6, 6.07) is 9.41. The molecule has 2 rings (SSSR count). The molecule has 0 spiro atoms. The Morgan fingerprint density at radius 3 is 2.76 bits per heavy atom. The number of hydrogen-bond acceptors (Lipinski definition) is 4. The van der Waals surface area contributed by atoms with Crippen molar-refractivity contribution in [2.75, 3.05) is 12.9 Å². The summed E-state index contributed by atoms with van der Waals surface area (Å²) >= 11 is 1.75. The molecule has 1 aliphatic rings. The molecule has 0 aliphatic heterocycles. The van der Waals surface area contributed by atoms with Gasteiger partial charge < -0.3 is 15.2 Å². The van der Waals surface area contributed by atoms with Gasteiger partial charge in [-0.1, -0.05) is 30.3 Å². The van der Waals surface area contributed by atoms with Gasteiger partial charge in [0.1, 0.15) is 6.04 Å². The van der Waals surface area contributed by atoms with Crippen LogP contribution in [0.15, 0.2) is 30.3 Å². The molecule has 0 bridgehead atoms. The molecule has 0 aromatic heterocycles. The third kappa shape index (κ3) is 4.22. The van der Waals surface area contributed by atoms with Gasteiger partial charge in [-0.05, 0) is 31.6 Å². The van der Waals surface area contributed by atoms with Crippen LogP contribution in [0.25, 0.3) is 0 Å². The first-order chi connectivity index (χ1) is 10.2. The van der Waals surface area contributed by atoms with Crippen LogP contribution < -0.4 is 5.32 Å². The summed E-state index contributed by atoms with van der Waals surface area (Å²) in [5.41, 5.74) is 1.04. The highest BCUT2D eigenvalue weighted by Gasteiger charge is 2.42. The molecule has 5 heteroatoms. The number of nitrogens with one attached hydrogen (secondary N) is 1. The van der Waals surface area contributed by atoms with Gasteiger partial charge in [0.2, 0.25) is 0 Å². The third-order valence-corrected chi connectivity index (χ3v) is 5.07. The van der Waals surface area contributed by atoms with E-state index < -0.39 is 12.0 Å². The third-order valence-electron chi connectivity index (χ3n) is 3.90. The molecule has 0 heterocycles. The van der Waals surface area contributed by atoms with E-state index in [2.05, 4.69) is 11.6 Å². The molecule has 116 valence electrons. The van der Waals surface area contributed by atoms with Gasteiger partial charge in [-0.25, -0.2) is 0 Å². The number of carbonyl (C=O) groups is 1. The summed E-state index contributed by atoms with van der Waals surface area (Å²) in [6.45, 7) is 2.70. The fourth-order valence-corrected chi connectivity index (χ4v) is 3.77. The molecule has 2 N–H and O–H groups in total. The van der Waals surface area contributed by atoms with E-state index in [9.17, 15) is 9.90 Å². The summed E-state index contributed by atoms with van der Waals surface area (Å²) in [5.74, 6) is -0.793. The highest BCUT2D eigenvalue weighted by atomic mass is 32.2. The molecule has 21 heavy (non-hydrogen) atoms. The number of benzene rings is 1. The van der Waals surface area contributed by atoms with Crippen LogP contribution in [0, 0.1) is 0 Å². The van der Waals surface area contributed by atoms with Gasteiger partial charge in [-0.15, -0.1) is 0 Å². The minimum Gasteiger partial charge on any atom is -0.480 e. The van der Waals surface area contributed by atoms with Crippen molar-refractivity contribution in [3.63, 3.8) is 0 Å². The molecule has 4 atom stereocenters. The fraction of sp³-hybridized carbons (Fsp3) is 0.562. The number of hydrogen-bond donors (Lipinski definition) is 2. The second-order valence-corrected chi connectivity index (χ2v) is 6.30. The number of rotatable bonds is 8. The maximum Gasteiger partial charge on any atom is 0.321 e. The highest BCUT2D eigenvalue weighted by Crippen LogP contribution is 2.33. The Bertz CT molecular complexity index is 454. The number of aliphatic carboxylic acids is 1. The SMILES string of the molecule is CCOC1CC(N[C@H](Cc2ccccc2)C(=O)O)C1SC. The molecule has 1 aromatic carbocycles. The van der Waals surface area contributed by atoms with Crippen LogP contribution >= 0.6 is 11.8 Å². The molecule has 3 unspecified atom stereocenters. The van der Waals surface area contributed by atoms with Crippen molar-refractivity contribution < 1.29 is 14.6 Å². The van der Waals surface area contributed by atoms with Gasteiger partial charge in [0.15, 0.2) is 0 Å². The molecule has 1 aliphatic carbocycles. The van der Waals surface area contributed by atoms with Gasteiger partial charge in [-0.3, -0.25) is 4.79 Å². The van der Waals surface area contributed by atoms with E-state index in [1.165, 1.54) is 0 Å². The average molecular weight is 309 g/mol. The lowest BCUT2D eigenvalue weighted by molar-refractivity contribution is -0.140. The topological polar surface area (TPSA) is 58.6 Å². The van der Waals surface area contributed by atoms with Crippen molar-refractivity contribution in [2.24, 2.45) is 0 Å². The molecule has 1 saturated carbocycles. The van der Waals surface area contributed by atoms with E-state index in [1.807, 2.05) is 37.3 Å². The monoisotopic (exact) mass is 309 g/mol. The largest absolute Gasteiger partial charge is 0.480 e. The minimum atomic E-state index is -0.793. The molecular formula is C16H23NO3S. The van der Waals surface area contributed by atoms with Gasteiger partial charge in [0.25, 0.3) is 0 Å². The second-order valence-electron chi connectivity index (χ2n) is 5.28. The Morgan fingerprint density at radius 1 is 1.48 bits per heavy atom. The zero-order valence-corrected chi connectivity index (χ0v) is 13.3. The van der Waals surface area contributed by atoms with Crippen LogP contribution in [0.4, 0.5) is 0 Å². The predicted octanol–water partition coefficient (Wildman–Crippen LogP) is 2.18. The molecule has 4 nitrogen and oxygen atoms in total. The van der Waals surface area contributed by atoms with Crippen LogP contribution in [0.2, 0.25) is 0 Å². The van der Waals surface area contributed by atoms with Crippen LogP contribution in [0.1, 0.15) is 18.9 Å². The second kappa shape index (κ2) is 7.82. The Balaban J connectivity index is 1.93. The minimum absolute atomic E-state index is 0.210. The number of thioether (sulfide) groups is 1. The van der Waals surface area contributed by atoms with Crippen LogP contribution in [0.3, 0.4) is 0 Å². The van der Waals surface area contributed by atoms with Crippen LogP contribution in [0.5, 0.6) is 0 Å². The van der Waals surface area contributed by atoms with E-state index >= 15 is 0 Å². The van der Waals surface area contributed by atoms with Crippen molar-refractivity contribution in [1.29, 1.82) is 0 Å². The normalized spacial score (nSPS) is 26.1. The highest BCUT2D eigenvalue weighted by molar-refractivity contribution is 7.99. The lowest BCUT2D eigenvalue weighted by Crippen LogP contribution is -2.61. The van der Waals surface area contributed by atoms with Crippen molar-refractivity contribution in [2.45, 2.75) is 43.2 Å². The lowest BCUT2D eigenvalue weighted by atomic mass is 9.87. The lowest BCUT2D eigenvalue weighted by Gasteiger charge is -2.44. The molecular weight excluding hydrogens is 286 g/mol. The standard InChI is InChI=1S/C16H23NO3S/c1-3-20-14-10-12(15(14)21-2)17-13(16(18)19)9-11-7-5-4-6-8-11/h4-8,12-15,17H,3,9-10H2,1-2H3,(H,18,19)/t12?,13-,14?,15?/m1/s1. The van der Waals surface area contributed by atoms with Crippen LogP contribution in [-0.2, 0) is 16.0 Å². The van der Waals surface area contributed by atoms with E-state index in [0.717, 1.165) is 12.0 Å². The smallest absolute Gasteiger partial charge is 0.321 e. The molecule has 1 aromatic rings. The fourth-order valence-electron chi connectivity index (χ4n) is 2.76. The zero-order valence-electron chi connectivity index (χ0n) is 12.5. The first-order valence-corrected chi connectivity index (χ1v) is 8.61. The number of carboxylic acids is 1. The van der Waals surface area contributed by atoms with Crippen LogP contribution in [-0.4, -0.2) is 47.4 Å². The van der Waals surface area contributed by atoms with Crippen molar-refractivity contribution in [1.82, 2.24) is 5.32 Å². The van der Waals surface area contributed by atoms with Gasteiger partial charge in [0.05, 0.1) is 6.10 Å². The summed E-state index contributed by atoms with van der Waals surface area (Å²) in [4.78, 5) is 11.5. The Morgan fingerprint density at radius 2 is 2.19 bits per heavy atom. The number of carboxylic acid groups (broad SMARTS) is 1. The summed E-state index contributed by atoms with van der Waals surface area (Å²) in [5, 5.41) is 13.1. The molecule has 1 fully saturated rings. The molecule has 0 amide bonds. The molecule has 0 radical (unpaired) electrons. The number of ether oxygens (including phenoxy) is 1. The average Bonchev–Trinajstić information content (AvgIpc) is 2.46. The zero-order chi connectivity index (χ0) is 15.2. The maximum absolute atomic E-state index is 11.5. The van der Waals surface area contributed by atoms with E-state index in [1.54, 1.807) is 11.8 Å². The van der Waals surface area contributed by atoms with Gasteiger partial charge >= 0.3 is 5.97 Å². The molecule has 0 saturated heterocycles. The van der Waals surface area contributed by atoms with Crippen molar-refractivity contribution >= 4 is 17.7 Å². The van der Waals surface area contributed by atoms with Gasteiger partial charge in [0, 0.05) is 17.9 Å². The summed E-state index contributed by atoms with van der Waals surface area (Å²) in [6.07, 6.45) is 3.69. The summed E-state index contributed by atoms with van der Waals surface area (Å²) in [7, 11) is 0. The first-order valence-electron chi connectivity index (χ1n) is 7.32. The maximum atomic E-state index is 11.5.